The highest BCUT2D eigenvalue weighted by molar-refractivity contribution is 6.31. The Morgan fingerprint density at radius 1 is 1.22 bits per heavy atom. The van der Waals surface area contributed by atoms with E-state index in [1.165, 1.54) is 6.07 Å². The van der Waals surface area contributed by atoms with Crippen LogP contribution in [0, 0.1) is 5.82 Å². The van der Waals surface area contributed by atoms with E-state index in [2.05, 4.69) is 9.97 Å². The Balaban J connectivity index is 1.83. The first-order valence-corrected chi connectivity index (χ1v) is 7.51. The molecule has 1 N–H and O–H groups in total. The molecule has 0 amide bonds. The lowest BCUT2D eigenvalue weighted by molar-refractivity contribution is 0.305. The highest BCUT2D eigenvalue weighted by Crippen LogP contribution is 2.15. The minimum atomic E-state index is -0.244. The summed E-state index contributed by atoms with van der Waals surface area (Å²) in [4.78, 5) is 21.2. The average molecular weight is 332 g/mol. The van der Waals surface area contributed by atoms with Crippen LogP contribution in [0.1, 0.15) is 11.4 Å². The molecule has 0 aliphatic rings. The summed E-state index contributed by atoms with van der Waals surface area (Å²) in [5.74, 6) is 0.273. The fourth-order valence-corrected chi connectivity index (χ4v) is 2.63. The largest absolute Gasteiger partial charge is 0.309 e. The van der Waals surface area contributed by atoms with E-state index in [4.69, 9.17) is 11.6 Å². The maximum atomic E-state index is 13.7. The van der Waals surface area contributed by atoms with Gasteiger partial charge in [-0.2, -0.15) is 0 Å². The van der Waals surface area contributed by atoms with Crippen molar-refractivity contribution in [2.75, 3.05) is 7.05 Å². The third kappa shape index (κ3) is 3.57. The molecule has 1 aromatic heterocycles. The van der Waals surface area contributed by atoms with Gasteiger partial charge in [0.2, 0.25) is 0 Å². The van der Waals surface area contributed by atoms with E-state index in [0.717, 1.165) is 0 Å². The standard InChI is InChI=1S/C17H15ClFN3O/c1-22(9-11-4-2-3-5-14(11)19)10-16-20-15-8-12(18)6-7-13(15)17(23)21-16/h2-8H,9-10H2,1H3,(H,20,21,23). The van der Waals surface area contributed by atoms with E-state index in [1.807, 2.05) is 11.9 Å². The number of aromatic amines is 1. The van der Waals surface area contributed by atoms with E-state index in [0.29, 0.717) is 40.4 Å². The predicted octanol–water partition coefficient (Wildman–Crippen LogP) is 3.35. The van der Waals surface area contributed by atoms with Crippen LogP contribution in [0.2, 0.25) is 5.02 Å². The molecule has 0 saturated carbocycles. The van der Waals surface area contributed by atoms with Crippen LogP contribution in [0.3, 0.4) is 0 Å². The number of nitrogens with zero attached hydrogens (tertiary/aromatic N) is 2. The summed E-state index contributed by atoms with van der Waals surface area (Å²) in [6.45, 7) is 0.815. The summed E-state index contributed by atoms with van der Waals surface area (Å²) in [5.41, 5.74) is 0.942. The number of aromatic nitrogens is 2. The number of halogens is 2. The van der Waals surface area contributed by atoms with E-state index in [-0.39, 0.29) is 11.4 Å². The number of rotatable bonds is 4. The number of H-pyrrole nitrogens is 1. The molecule has 118 valence electrons. The van der Waals surface area contributed by atoms with Gasteiger partial charge >= 0.3 is 0 Å². The monoisotopic (exact) mass is 331 g/mol. The Hall–Kier alpha value is -2.24. The van der Waals surface area contributed by atoms with Gasteiger partial charge in [-0.1, -0.05) is 29.8 Å². The first kappa shape index (κ1) is 15.6. The van der Waals surface area contributed by atoms with Gasteiger partial charge in [-0.25, -0.2) is 9.37 Å². The van der Waals surface area contributed by atoms with Gasteiger partial charge in [-0.15, -0.1) is 0 Å². The zero-order valence-electron chi connectivity index (χ0n) is 12.5. The summed E-state index contributed by atoms with van der Waals surface area (Å²) >= 11 is 5.95. The number of benzene rings is 2. The Bertz CT molecular complexity index is 910. The first-order chi connectivity index (χ1) is 11.0. The molecule has 0 fully saturated rings. The smallest absolute Gasteiger partial charge is 0.258 e. The van der Waals surface area contributed by atoms with Gasteiger partial charge < -0.3 is 4.98 Å². The van der Waals surface area contributed by atoms with E-state index in [9.17, 15) is 9.18 Å². The van der Waals surface area contributed by atoms with Crippen LogP contribution in [-0.4, -0.2) is 21.9 Å². The second-order valence-electron chi connectivity index (χ2n) is 5.44. The third-order valence-corrected chi connectivity index (χ3v) is 3.77. The van der Waals surface area contributed by atoms with Gasteiger partial charge in [-0.3, -0.25) is 9.69 Å². The van der Waals surface area contributed by atoms with Crippen LogP contribution in [-0.2, 0) is 13.1 Å². The molecule has 0 unspecified atom stereocenters. The van der Waals surface area contributed by atoms with Gasteiger partial charge in [0.1, 0.15) is 11.6 Å². The van der Waals surface area contributed by atoms with E-state index >= 15 is 0 Å². The molecule has 0 bridgehead atoms. The molecule has 0 radical (unpaired) electrons. The fourth-order valence-electron chi connectivity index (χ4n) is 2.46. The SMILES string of the molecule is CN(Cc1nc2cc(Cl)ccc2c(=O)[nH]1)Cc1ccccc1F. The van der Waals surface area contributed by atoms with Crippen molar-refractivity contribution in [2.24, 2.45) is 0 Å². The number of hydrogen-bond acceptors (Lipinski definition) is 3. The quantitative estimate of drug-likeness (QED) is 0.797. The number of nitrogens with one attached hydrogen (secondary N) is 1. The zero-order valence-corrected chi connectivity index (χ0v) is 13.3. The summed E-state index contributed by atoms with van der Waals surface area (Å²) in [6, 6.07) is 11.6. The zero-order chi connectivity index (χ0) is 16.4. The highest BCUT2D eigenvalue weighted by atomic mass is 35.5. The average Bonchev–Trinajstić information content (AvgIpc) is 2.49. The molecular formula is C17H15ClFN3O. The maximum Gasteiger partial charge on any atom is 0.258 e. The molecule has 0 aliphatic carbocycles. The second-order valence-corrected chi connectivity index (χ2v) is 5.87. The molecule has 0 spiro atoms. The van der Waals surface area contributed by atoms with Crippen LogP contribution in [0.25, 0.3) is 10.9 Å². The molecule has 23 heavy (non-hydrogen) atoms. The topological polar surface area (TPSA) is 49.0 Å². The van der Waals surface area contributed by atoms with Gasteiger partial charge in [0.05, 0.1) is 17.4 Å². The lowest BCUT2D eigenvalue weighted by Crippen LogP contribution is -2.22. The second kappa shape index (κ2) is 6.48. The fraction of sp³-hybridized carbons (Fsp3) is 0.176. The van der Waals surface area contributed by atoms with Gasteiger partial charge in [0.15, 0.2) is 0 Å². The van der Waals surface area contributed by atoms with Crippen LogP contribution in [0.5, 0.6) is 0 Å². The molecule has 0 atom stereocenters. The van der Waals surface area contributed by atoms with Crippen molar-refractivity contribution in [3.8, 4) is 0 Å². The lowest BCUT2D eigenvalue weighted by atomic mass is 10.2. The summed E-state index contributed by atoms with van der Waals surface area (Å²) in [7, 11) is 1.84. The van der Waals surface area contributed by atoms with Crippen molar-refractivity contribution in [1.29, 1.82) is 0 Å². The highest BCUT2D eigenvalue weighted by Gasteiger charge is 2.09. The molecule has 4 nitrogen and oxygen atoms in total. The number of hydrogen-bond donors (Lipinski definition) is 1. The first-order valence-electron chi connectivity index (χ1n) is 7.13. The normalized spacial score (nSPS) is 11.3. The van der Waals surface area contributed by atoms with Gasteiger partial charge in [0, 0.05) is 17.1 Å². The van der Waals surface area contributed by atoms with Crippen LogP contribution < -0.4 is 5.56 Å². The molecular weight excluding hydrogens is 317 g/mol. The molecule has 0 saturated heterocycles. The summed E-state index contributed by atoms with van der Waals surface area (Å²) in [6.07, 6.45) is 0. The molecule has 1 heterocycles. The summed E-state index contributed by atoms with van der Waals surface area (Å²) < 4.78 is 13.7. The number of fused-ring (bicyclic) bond motifs is 1. The van der Waals surface area contributed by atoms with Crippen molar-refractivity contribution in [2.45, 2.75) is 13.1 Å². The molecule has 6 heteroatoms. The van der Waals surface area contributed by atoms with Gasteiger partial charge in [-0.05, 0) is 31.3 Å². The van der Waals surface area contributed by atoms with Crippen molar-refractivity contribution in [1.82, 2.24) is 14.9 Å². The molecule has 0 aliphatic heterocycles. The molecule has 2 aromatic carbocycles. The molecule has 3 rings (SSSR count). The lowest BCUT2D eigenvalue weighted by Gasteiger charge is -2.16. The van der Waals surface area contributed by atoms with Gasteiger partial charge in [0.25, 0.3) is 5.56 Å². The van der Waals surface area contributed by atoms with Crippen molar-refractivity contribution >= 4 is 22.5 Å². The maximum absolute atomic E-state index is 13.7. The van der Waals surface area contributed by atoms with Crippen LogP contribution in [0.15, 0.2) is 47.3 Å². The van der Waals surface area contributed by atoms with Crippen LogP contribution in [0.4, 0.5) is 4.39 Å². The Kier molecular flexibility index (Phi) is 4.41. The van der Waals surface area contributed by atoms with E-state index in [1.54, 1.807) is 36.4 Å². The van der Waals surface area contributed by atoms with Crippen molar-refractivity contribution in [3.63, 3.8) is 0 Å². The minimum Gasteiger partial charge on any atom is -0.309 e. The minimum absolute atomic E-state index is 0.207. The van der Waals surface area contributed by atoms with Crippen molar-refractivity contribution < 1.29 is 4.39 Å². The van der Waals surface area contributed by atoms with E-state index < -0.39 is 0 Å². The Morgan fingerprint density at radius 2 is 2.00 bits per heavy atom. The Morgan fingerprint density at radius 3 is 2.78 bits per heavy atom. The van der Waals surface area contributed by atoms with Crippen LogP contribution >= 0.6 is 11.6 Å². The summed E-state index contributed by atoms with van der Waals surface area (Å²) in [5, 5.41) is 1.02. The molecule has 3 aromatic rings. The predicted molar refractivity (Wildman–Crippen MR) is 88.9 cm³/mol. The third-order valence-electron chi connectivity index (χ3n) is 3.54. The Labute approximate surface area is 137 Å². The van der Waals surface area contributed by atoms with Crippen molar-refractivity contribution in [3.05, 3.63) is 75.0 Å².